The van der Waals surface area contributed by atoms with E-state index in [9.17, 15) is 9.59 Å². The molecule has 2 N–H and O–H groups in total. The lowest BCUT2D eigenvalue weighted by Crippen LogP contribution is -2.10. The third kappa shape index (κ3) is 3.14. The van der Waals surface area contributed by atoms with Crippen LogP contribution in [0.15, 0.2) is 36.0 Å². The first kappa shape index (κ1) is 12.3. The van der Waals surface area contributed by atoms with E-state index in [-0.39, 0.29) is 12.3 Å². The van der Waals surface area contributed by atoms with Crippen LogP contribution in [-0.4, -0.2) is 22.0 Å². The number of hydrogen-bond donors (Lipinski definition) is 2. The molecular weight excluding hydrogens is 252 g/mol. The molecule has 0 unspecified atom stereocenters. The number of carbonyl (C=O) groups excluding carboxylic acids is 1. The van der Waals surface area contributed by atoms with Crippen LogP contribution in [0.2, 0.25) is 0 Å². The molecule has 0 spiro atoms. The molecule has 0 aliphatic carbocycles. The van der Waals surface area contributed by atoms with Crippen LogP contribution in [0.25, 0.3) is 0 Å². The summed E-state index contributed by atoms with van der Waals surface area (Å²) >= 11 is 1.26. The number of anilines is 1. The van der Waals surface area contributed by atoms with E-state index >= 15 is 0 Å². The smallest absolute Gasteiger partial charge is 0.307 e. The van der Waals surface area contributed by atoms with Crippen molar-refractivity contribution in [3.05, 3.63) is 46.4 Å². The lowest BCUT2D eigenvalue weighted by molar-refractivity contribution is -0.136. The van der Waals surface area contributed by atoms with E-state index in [0.717, 1.165) is 0 Å². The van der Waals surface area contributed by atoms with Crippen LogP contribution < -0.4 is 5.32 Å². The molecule has 1 heterocycles. The highest BCUT2D eigenvalue weighted by Crippen LogP contribution is 2.13. The average molecular weight is 262 g/mol. The first-order chi connectivity index (χ1) is 8.65. The molecule has 1 aromatic heterocycles. The molecule has 1 amide bonds. The van der Waals surface area contributed by atoms with Gasteiger partial charge in [-0.15, -0.1) is 11.3 Å². The molecule has 5 nitrogen and oxygen atoms in total. The monoisotopic (exact) mass is 262 g/mol. The Bertz CT molecular complexity index is 549. The van der Waals surface area contributed by atoms with Crippen LogP contribution in [0.5, 0.6) is 0 Å². The minimum Gasteiger partial charge on any atom is -0.481 e. The Morgan fingerprint density at radius 3 is 2.56 bits per heavy atom. The second kappa shape index (κ2) is 5.42. The van der Waals surface area contributed by atoms with Crippen molar-refractivity contribution < 1.29 is 14.7 Å². The molecule has 18 heavy (non-hydrogen) atoms. The molecule has 0 saturated carbocycles. The van der Waals surface area contributed by atoms with Gasteiger partial charge in [-0.05, 0) is 17.7 Å². The number of hydrogen-bond acceptors (Lipinski definition) is 4. The minimum atomic E-state index is -0.878. The second-order valence-corrected chi connectivity index (χ2v) is 4.47. The number of carboxylic acid groups (broad SMARTS) is 1. The van der Waals surface area contributed by atoms with Gasteiger partial charge in [-0.3, -0.25) is 14.6 Å². The molecule has 1 aromatic carbocycles. The van der Waals surface area contributed by atoms with Crippen LogP contribution in [0, 0.1) is 0 Å². The maximum atomic E-state index is 11.7. The zero-order valence-corrected chi connectivity index (χ0v) is 10.1. The van der Waals surface area contributed by atoms with Gasteiger partial charge in [0.1, 0.15) is 4.88 Å². The van der Waals surface area contributed by atoms with Gasteiger partial charge in [0.2, 0.25) is 0 Å². The molecule has 0 radical (unpaired) electrons. The topological polar surface area (TPSA) is 79.3 Å². The number of nitrogens with zero attached hydrogens (tertiary/aromatic N) is 1. The summed E-state index contributed by atoms with van der Waals surface area (Å²) < 4.78 is 0. The van der Waals surface area contributed by atoms with Gasteiger partial charge in [-0.2, -0.15) is 0 Å². The third-order valence-electron chi connectivity index (χ3n) is 2.22. The summed E-state index contributed by atoms with van der Waals surface area (Å²) in [4.78, 5) is 26.6. The van der Waals surface area contributed by atoms with Crippen molar-refractivity contribution in [3.8, 4) is 0 Å². The highest BCUT2D eigenvalue weighted by atomic mass is 32.1. The predicted octanol–water partition coefficient (Wildman–Crippen LogP) is 2.02. The molecule has 2 rings (SSSR count). The Labute approximate surface area is 107 Å². The number of rotatable bonds is 4. The van der Waals surface area contributed by atoms with Crippen molar-refractivity contribution >= 4 is 28.9 Å². The van der Waals surface area contributed by atoms with E-state index in [1.54, 1.807) is 29.8 Å². The van der Waals surface area contributed by atoms with Gasteiger partial charge in [0.05, 0.1) is 18.1 Å². The van der Waals surface area contributed by atoms with Crippen molar-refractivity contribution in [2.75, 3.05) is 5.32 Å². The van der Waals surface area contributed by atoms with Crippen molar-refractivity contribution in [1.29, 1.82) is 0 Å². The molecule has 0 aliphatic rings. The Kier molecular flexibility index (Phi) is 3.69. The first-order valence-corrected chi connectivity index (χ1v) is 6.03. The van der Waals surface area contributed by atoms with Crippen LogP contribution >= 0.6 is 11.3 Å². The molecule has 0 aliphatic heterocycles. The van der Waals surface area contributed by atoms with Gasteiger partial charge < -0.3 is 10.4 Å². The summed E-state index contributed by atoms with van der Waals surface area (Å²) in [7, 11) is 0. The van der Waals surface area contributed by atoms with Gasteiger partial charge in [0.25, 0.3) is 5.91 Å². The van der Waals surface area contributed by atoms with Crippen LogP contribution in [0.3, 0.4) is 0 Å². The quantitative estimate of drug-likeness (QED) is 0.883. The zero-order chi connectivity index (χ0) is 13.0. The lowest BCUT2D eigenvalue weighted by Gasteiger charge is -2.04. The Morgan fingerprint density at radius 1 is 1.28 bits per heavy atom. The van der Waals surface area contributed by atoms with E-state index in [1.807, 2.05) is 0 Å². The van der Waals surface area contributed by atoms with Gasteiger partial charge in [-0.1, -0.05) is 12.1 Å². The largest absolute Gasteiger partial charge is 0.481 e. The Hall–Kier alpha value is -2.21. The second-order valence-electron chi connectivity index (χ2n) is 3.59. The van der Waals surface area contributed by atoms with Gasteiger partial charge in [0.15, 0.2) is 0 Å². The van der Waals surface area contributed by atoms with Gasteiger partial charge >= 0.3 is 5.97 Å². The summed E-state index contributed by atoms with van der Waals surface area (Å²) in [5.41, 5.74) is 2.91. The van der Waals surface area contributed by atoms with E-state index in [2.05, 4.69) is 10.3 Å². The lowest BCUT2D eigenvalue weighted by atomic mass is 10.1. The highest BCUT2D eigenvalue weighted by molar-refractivity contribution is 7.11. The van der Waals surface area contributed by atoms with Crippen molar-refractivity contribution in [2.45, 2.75) is 6.42 Å². The first-order valence-electron chi connectivity index (χ1n) is 5.16. The summed E-state index contributed by atoms with van der Waals surface area (Å²) in [6, 6.07) is 6.71. The molecule has 92 valence electrons. The maximum absolute atomic E-state index is 11.7. The number of nitrogens with one attached hydrogen (secondary N) is 1. The van der Waals surface area contributed by atoms with Crippen molar-refractivity contribution in [1.82, 2.24) is 4.98 Å². The maximum Gasteiger partial charge on any atom is 0.307 e. The molecule has 0 bridgehead atoms. The fourth-order valence-corrected chi connectivity index (χ4v) is 1.92. The normalized spacial score (nSPS) is 10.0. The number of aliphatic carboxylic acids is 1. The summed E-state index contributed by atoms with van der Waals surface area (Å²) in [5.74, 6) is -1.10. The van der Waals surface area contributed by atoms with E-state index in [4.69, 9.17) is 5.11 Å². The summed E-state index contributed by atoms with van der Waals surface area (Å²) in [6.07, 6.45) is 1.47. The minimum absolute atomic E-state index is 0.0247. The highest BCUT2D eigenvalue weighted by Gasteiger charge is 2.07. The SMILES string of the molecule is O=C(O)Cc1ccc(NC(=O)c2cncs2)cc1. The fourth-order valence-electron chi connectivity index (χ4n) is 1.40. The number of amides is 1. The molecule has 6 heteroatoms. The average Bonchev–Trinajstić information content (AvgIpc) is 2.84. The van der Waals surface area contributed by atoms with E-state index in [0.29, 0.717) is 16.1 Å². The molecule has 0 fully saturated rings. The Balaban J connectivity index is 2.02. The Morgan fingerprint density at radius 2 is 2.00 bits per heavy atom. The van der Waals surface area contributed by atoms with Crippen molar-refractivity contribution in [3.63, 3.8) is 0 Å². The van der Waals surface area contributed by atoms with Crippen LogP contribution in [0.4, 0.5) is 5.69 Å². The van der Waals surface area contributed by atoms with E-state index in [1.165, 1.54) is 17.5 Å². The number of carboxylic acids is 1. The molecule has 2 aromatic rings. The third-order valence-corrected chi connectivity index (χ3v) is 3.00. The number of thiazole rings is 1. The van der Waals surface area contributed by atoms with E-state index < -0.39 is 5.97 Å². The van der Waals surface area contributed by atoms with Crippen LogP contribution in [-0.2, 0) is 11.2 Å². The molecular formula is C12H10N2O3S. The van der Waals surface area contributed by atoms with Gasteiger partial charge in [0, 0.05) is 5.69 Å². The summed E-state index contributed by atoms with van der Waals surface area (Å²) in [6.45, 7) is 0. The van der Waals surface area contributed by atoms with Crippen LogP contribution in [0.1, 0.15) is 15.2 Å². The standard InChI is InChI=1S/C12H10N2O3S/c15-11(16)5-8-1-3-9(4-2-8)14-12(17)10-6-13-7-18-10/h1-4,6-7H,5H2,(H,14,17)(H,15,16). The predicted molar refractivity (Wildman–Crippen MR) is 67.8 cm³/mol. The van der Waals surface area contributed by atoms with Crippen molar-refractivity contribution in [2.24, 2.45) is 0 Å². The number of carbonyl (C=O) groups is 2. The number of aromatic nitrogens is 1. The van der Waals surface area contributed by atoms with Gasteiger partial charge in [-0.25, -0.2) is 0 Å². The number of benzene rings is 1. The molecule has 0 saturated heterocycles. The zero-order valence-electron chi connectivity index (χ0n) is 9.29. The molecule has 0 atom stereocenters. The fraction of sp³-hybridized carbons (Fsp3) is 0.0833. The summed E-state index contributed by atoms with van der Waals surface area (Å²) in [5, 5.41) is 11.3.